The van der Waals surface area contributed by atoms with Crippen LogP contribution in [0.5, 0.6) is 0 Å². The molecule has 0 saturated carbocycles. The van der Waals surface area contributed by atoms with Crippen LogP contribution in [0.3, 0.4) is 0 Å². The molecule has 0 saturated heterocycles. The van der Waals surface area contributed by atoms with Crippen molar-refractivity contribution in [2.24, 2.45) is 5.73 Å². The number of aromatic nitrogens is 1. The van der Waals surface area contributed by atoms with Crippen LogP contribution in [0, 0.1) is 0 Å². The van der Waals surface area contributed by atoms with Gasteiger partial charge in [-0.15, -0.1) is 0 Å². The van der Waals surface area contributed by atoms with Crippen molar-refractivity contribution in [3.63, 3.8) is 0 Å². The number of primary amides is 1. The van der Waals surface area contributed by atoms with Gasteiger partial charge in [-0.05, 0) is 6.07 Å². The Morgan fingerprint density at radius 1 is 1.58 bits per heavy atom. The molecule has 0 aliphatic heterocycles. The van der Waals surface area contributed by atoms with E-state index in [1.165, 1.54) is 6.20 Å². The summed E-state index contributed by atoms with van der Waals surface area (Å²) in [6.45, 7) is 0.128. The number of nitrogens with zero attached hydrogens (tertiary/aromatic N) is 1. The summed E-state index contributed by atoms with van der Waals surface area (Å²) in [5.74, 6) is 0.429. The molecular formula is C7H9N3O2. The first-order valence-corrected chi connectivity index (χ1v) is 3.31. The number of amides is 1. The predicted molar refractivity (Wildman–Crippen MR) is 43.0 cm³/mol. The maximum absolute atomic E-state index is 10.2. The molecule has 0 radical (unpaired) electrons. The summed E-state index contributed by atoms with van der Waals surface area (Å²) in [5.41, 5.74) is 10.9. The van der Waals surface area contributed by atoms with Gasteiger partial charge in [-0.3, -0.25) is 0 Å². The van der Waals surface area contributed by atoms with E-state index in [9.17, 15) is 4.79 Å². The molecule has 1 amide bonds. The van der Waals surface area contributed by atoms with E-state index >= 15 is 0 Å². The lowest BCUT2D eigenvalue weighted by molar-refractivity contribution is 0.150. The molecule has 0 aromatic carbocycles. The SMILES string of the molecule is NC(=O)OCc1ccc(N)nc1. The highest BCUT2D eigenvalue weighted by Gasteiger charge is 1.96. The molecule has 0 aliphatic rings. The standard InChI is InChI=1S/C7H9N3O2/c8-6-2-1-5(3-10-6)4-12-7(9)11/h1-3H,4H2,(H2,8,10)(H2,9,11). The topological polar surface area (TPSA) is 91.2 Å². The van der Waals surface area contributed by atoms with Crippen LogP contribution in [0.15, 0.2) is 18.3 Å². The van der Waals surface area contributed by atoms with E-state index in [1.54, 1.807) is 12.1 Å². The first-order chi connectivity index (χ1) is 5.68. The number of nitrogens with two attached hydrogens (primary N) is 2. The number of hydrogen-bond acceptors (Lipinski definition) is 4. The number of pyridine rings is 1. The van der Waals surface area contributed by atoms with E-state index in [4.69, 9.17) is 11.5 Å². The first-order valence-electron chi connectivity index (χ1n) is 3.31. The molecular weight excluding hydrogens is 158 g/mol. The van der Waals surface area contributed by atoms with Gasteiger partial charge in [0.05, 0.1) is 0 Å². The highest BCUT2D eigenvalue weighted by atomic mass is 16.5. The third kappa shape index (κ3) is 2.45. The molecule has 0 fully saturated rings. The molecule has 0 atom stereocenters. The molecule has 64 valence electrons. The van der Waals surface area contributed by atoms with E-state index in [0.29, 0.717) is 5.82 Å². The molecule has 5 heteroatoms. The van der Waals surface area contributed by atoms with E-state index in [0.717, 1.165) is 5.56 Å². The van der Waals surface area contributed by atoms with Gasteiger partial charge in [0, 0.05) is 11.8 Å². The summed E-state index contributed by atoms with van der Waals surface area (Å²) in [6.07, 6.45) is 0.727. The van der Waals surface area contributed by atoms with Crippen molar-refractivity contribution in [3.05, 3.63) is 23.9 Å². The minimum Gasteiger partial charge on any atom is -0.445 e. The van der Waals surface area contributed by atoms with Crippen LogP contribution in [0.1, 0.15) is 5.56 Å². The Bertz CT molecular complexity index is 270. The Balaban J connectivity index is 2.53. The predicted octanol–water partition coefficient (Wildman–Crippen LogP) is 0.259. The van der Waals surface area contributed by atoms with Crippen molar-refractivity contribution in [3.8, 4) is 0 Å². The van der Waals surface area contributed by atoms with Crippen LogP contribution in [0.4, 0.5) is 10.6 Å². The van der Waals surface area contributed by atoms with E-state index in [2.05, 4.69) is 9.72 Å². The zero-order valence-corrected chi connectivity index (χ0v) is 6.36. The van der Waals surface area contributed by atoms with Crippen LogP contribution < -0.4 is 11.5 Å². The zero-order chi connectivity index (χ0) is 8.97. The summed E-state index contributed by atoms with van der Waals surface area (Å²) in [4.78, 5) is 14.0. The molecule has 5 nitrogen and oxygen atoms in total. The fraction of sp³-hybridized carbons (Fsp3) is 0.143. The maximum atomic E-state index is 10.2. The second-order valence-corrected chi connectivity index (χ2v) is 2.20. The Morgan fingerprint density at radius 2 is 2.33 bits per heavy atom. The molecule has 1 rings (SSSR count). The molecule has 1 aromatic rings. The fourth-order valence-corrected chi connectivity index (χ4v) is 0.676. The fourth-order valence-electron chi connectivity index (χ4n) is 0.676. The van der Waals surface area contributed by atoms with Gasteiger partial charge < -0.3 is 16.2 Å². The molecule has 0 bridgehead atoms. The summed E-state index contributed by atoms with van der Waals surface area (Å²) in [5, 5.41) is 0. The monoisotopic (exact) mass is 167 g/mol. The third-order valence-electron chi connectivity index (χ3n) is 1.23. The molecule has 1 aromatic heterocycles. The average Bonchev–Trinajstić information content (AvgIpc) is 2.03. The van der Waals surface area contributed by atoms with Gasteiger partial charge in [0.1, 0.15) is 12.4 Å². The van der Waals surface area contributed by atoms with E-state index < -0.39 is 6.09 Å². The van der Waals surface area contributed by atoms with Crippen molar-refractivity contribution in [2.45, 2.75) is 6.61 Å². The van der Waals surface area contributed by atoms with Crippen molar-refractivity contribution in [1.29, 1.82) is 0 Å². The van der Waals surface area contributed by atoms with E-state index in [1.807, 2.05) is 0 Å². The maximum Gasteiger partial charge on any atom is 0.404 e. The number of rotatable bonds is 2. The van der Waals surface area contributed by atoms with Crippen LogP contribution in [-0.2, 0) is 11.3 Å². The lowest BCUT2D eigenvalue weighted by Crippen LogP contribution is -2.12. The van der Waals surface area contributed by atoms with Crippen LogP contribution in [-0.4, -0.2) is 11.1 Å². The highest BCUT2D eigenvalue weighted by molar-refractivity contribution is 5.64. The van der Waals surface area contributed by atoms with Gasteiger partial charge in [-0.25, -0.2) is 9.78 Å². The van der Waals surface area contributed by atoms with Gasteiger partial charge >= 0.3 is 6.09 Å². The van der Waals surface area contributed by atoms with Crippen LogP contribution >= 0.6 is 0 Å². The average molecular weight is 167 g/mol. The highest BCUT2D eigenvalue weighted by Crippen LogP contribution is 2.02. The molecule has 0 unspecified atom stereocenters. The van der Waals surface area contributed by atoms with Crippen molar-refractivity contribution in [1.82, 2.24) is 4.98 Å². The molecule has 1 heterocycles. The summed E-state index contributed by atoms with van der Waals surface area (Å²) in [7, 11) is 0. The third-order valence-corrected chi connectivity index (χ3v) is 1.23. The largest absolute Gasteiger partial charge is 0.445 e. The summed E-state index contributed by atoms with van der Waals surface area (Å²) in [6, 6.07) is 3.34. The molecule has 12 heavy (non-hydrogen) atoms. The van der Waals surface area contributed by atoms with Gasteiger partial charge in [0.25, 0.3) is 0 Å². The van der Waals surface area contributed by atoms with Gasteiger partial charge in [0.2, 0.25) is 0 Å². The number of carbonyl (C=O) groups is 1. The van der Waals surface area contributed by atoms with Crippen molar-refractivity contribution >= 4 is 11.9 Å². The zero-order valence-electron chi connectivity index (χ0n) is 6.36. The van der Waals surface area contributed by atoms with Crippen LogP contribution in [0.2, 0.25) is 0 Å². The number of nitrogen functional groups attached to an aromatic ring is 1. The second-order valence-electron chi connectivity index (χ2n) is 2.20. The quantitative estimate of drug-likeness (QED) is 0.660. The Labute approximate surface area is 69.3 Å². The van der Waals surface area contributed by atoms with Gasteiger partial charge in [-0.2, -0.15) is 0 Å². The van der Waals surface area contributed by atoms with Gasteiger partial charge in [-0.1, -0.05) is 6.07 Å². The minimum absolute atomic E-state index is 0.128. The summed E-state index contributed by atoms with van der Waals surface area (Å²) < 4.78 is 4.53. The Hall–Kier alpha value is -1.78. The molecule has 0 spiro atoms. The number of carbonyl (C=O) groups excluding carboxylic acids is 1. The molecule has 4 N–H and O–H groups in total. The van der Waals surface area contributed by atoms with Crippen molar-refractivity contribution in [2.75, 3.05) is 5.73 Å². The number of ether oxygens (including phenoxy) is 1. The second kappa shape index (κ2) is 3.56. The number of hydrogen-bond donors (Lipinski definition) is 2. The molecule has 0 aliphatic carbocycles. The lowest BCUT2D eigenvalue weighted by Gasteiger charge is -2.00. The minimum atomic E-state index is -0.799. The normalized spacial score (nSPS) is 9.33. The Kier molecular flexibility index (Phi) is 2.47. The smallest absolute Gasteiger partial charge is 0.404 e. The van der Waals surface area contributed by atoms with Crippen LogP contribution in [0.25, 0.3) is 0 Å². The van der Waals surface area contributed by atoms with Gasteiger partial charge in [0.15, 0.2) is 0 Å². The van der Waals surface area contributed by atoms with Crippen molar-refractivity contribution < 1.29 is 9.53 Å². The first kappa shape index (κ1) is 8.32. The Morgan fingerprint density at radius 3 is 2.83 bits per heavy atom. The lowest BCUT2D eigenvalue weighted by atomic mass is 10.3. The van der Waals surface area contributed by atoms with E-state index in [-0.39, 0.29) is 6.61 Å². The number of anilines is 1. The summed E-state index contributed by atoms with van der Waals surface area (Å²) >= 11 is 0.